The number of methoxy groups -OCH3 is 1. The molecule has 0 N–H and O–H groups in total. The van der Waals surface area contributed by atoms with Crippen LogP contribution in [-0.2, 0) is 17.9 Å². The van der Waals surface area contributed by atoms with Crippen molar-refractivity contribution in [2.75, 3.05) is 44.7 Å². The molecule has 3 aromatic rings. The lowest BCUT2D eigenvalue weighted by Gasteiger charge is -2.35. The van der Waals surface area contributed by atoms with Crippen molar-refractivity contribution in [3.63, 3.8) is 0 Å². The molecule has 7 heteroatoms. The summed E-state index contributed by atoms with van der Waals surface area (Å²) in [7, 11) is 1.60. The highest BCUT2D eigenvalue weighted by molar-refractivity contribution is 5.94. The van der Waals surface area contributed by atoms with Gasteiger partial charge in [-0.1, -0.05) is 18.2 Å². The molecule has 2 heterocycles. The van der Waals surface area contributed by atoms with E-state index >= 15 is 0 Å². The van der Waals surface area contributed by atoms with Gasteiger partial charge in [0.1, 0.15) is 17.3 Å². The van der Waals surface area contributed by atoms with Crippen molar-refractivity contribution < 1.29 is 18.3 Å². The molecule has 0 radical (unpaired) electrons. The molecule has 1 amide bonds. The lowest BCUT2D eigenvalue weighted by Crippen LogP contribution is -2.49. The number of benzene rings is 2. The summed E-state index contributed by atoms with van der Waals surface area (Å²) in [6.45, 7) is 4.51. The Labute approximate surface area is 187 Å². The molecule has 0 bridgehead atoms. The molecule has 168 valence electrons. The summed E-state index contributed by atoms with van der Waals surface area (Å²) in [4.78, 5) is 19.4. The summed E-state index contributed by atoms with van der Waals surface area (Å²) < 4.78 is 24.5. The number of halogens is 1. The normalized spacial score (nSPS) is 14.9. The van der Waals surface area contributed by atoms with E-state index in [9.17, 15) is 9.18 Å². The lowest BCUT2D eigenvalue weighted by atomic mass is 10.1. The van der Waals surface area contributed by atoms with Crippen LogP contribution in [0.5, 0.6) is 5.75 Å². The zero-order valence-electron chi connectivity index (χ0n) is 18.2. The van der Waals surface area contributed by atoms with E-state index in [1.807, 2.05) is 42.5 Å². The second-order valence-corrected chi connectivity index (χ2v) is 7.90. The van der Waals surface area contributed by atoms with E-state index in [1.165, 1.54) is 12.1 Å². The van der Waals surface area contributed by atoms with Crippen molar-refractivity contribution in [1.29, 1.82) is 0 Å². The first-order valence-electron chi connectivity index (χ1n) is 10.8. The fourth-order valence-corrected chi connectivity index (χ4v) is 3.98. The van der Waals surface area contributed by atoms with Gasteiger partial charge < -0.3 is 14.1 Å². The SMILES string of the molecule is COc1ccc(F)cc1CN1CCN(CC(=O)N(Cc2ccco2)c2ccccc2)CC1. The highest BCUT2D eigenvalue weighted by Gasteiger charge is 2.24. The number of hydrogen-bond donors (Lipinski definition) is 0. The number of anilines is 1. The number of rotatable bonds is 8. The summed E-state index contributed by atoms with van der Waals surface area (Å²) in [6.07, 6.45) is 1.62. The maximum absolute atomic E-state index is 13.7. The van der Waals surface area contributed by atoms with Crippen LogP contribution >= 0.6 is 0 Å². The fraction of sp³-hybridized carbons (Fsp3) is 0.320. The first-order chi connectivity index (χ1) is 15.6. The third-order valence-corrected chi connectivity index (χ3v) is 5.72. The summed E-state index contributed by atoms with van der Waals surface area (Å²) in [5.74, 6) is 1.21. The molecule has 0 aliphatic carbocycles. The fourth-order valence-electron chi connectivity index (χ4n) is 3.98. The first kappa shape index (κ1) is 22.0. The van der Waals surface area contributed by atoms with Crippen LogP contribution in [0.3, 0.4) is 0 Å². The highest BCUT2D eigenvalue weighted by Crippen LogP contribution is 2.22. The minimum Gasteiger partial charge on any atom is -0.496 e. The van der Waals surface area contributed by atoms with Gasteiger partial charge in [-0.3, -0.25) is 14.6 Å². The van der Waals surface area contributed by atoms with Crippen molar-refractivity contribution in [2.45, 2.75) is 13.1 Å². The largest absolute Gasteiger partial charge is 0.496 e. The molecular formula is C25H28FN3O3. The van der Waals surface area contributed by atoms with Gasteiger partial charge in [-0.2, -0.15) is 0 Å². The molecule has 0 atom stereocenters. The molecule has 2 aromatic carbocycles. The quantitative estimate of drug-likeness (QED) is 0.537. The van der Waals surface area contributed by atoms with Crippen LogP contribution < -0.4 is 9.64 Å². The van der Waals surface area contributed by atoms with Gasteiger partial charge in [0.05, 0.1) is 26.5 Å². The summed E-state index contributed by atoms with van der Waals surface area (Å²) in [6, 6.07) is 18.0. The Morgan fingerprint density at radius 3 is 2.47 bits per heavy atom. The smallest absolute Gasteiger partial charge is 0.241 e. The van der Waals surface area contributed by atoms with E-state index in [-0.39, 0.29) is 11.7 Å². The Kier molecular flexibility index (Phi) is 7.19. The Hall–Kier alpha value is -3.16. The van der Waals surface area contributed by atoms with Crippen LogP contribution in [-0.4, -0.2) is 55.5 Å². The summed E-state index contributed by atoms with van der Waals surface area (Å²) in [5.41, 5.74) is 1.69. The number of para-hydroxylation sites is 1. The molecule has 6 nitrogen and oxygen atoms in total. The third-order valence-electron chi connectivity index (χ3n) is 5.72. The average molecular weight is 438 g/mol. The predicted molar refractivity (Wildman–Crippen MR) is 121 cm³/mol. The zero-order valence-corrected chi connectivity index (χ0v) is 18.2. The number of furan rings is 1. The average Bonchev–Trinajstić information content (AvgIpc) is 3.33. The molecule has 0 unspecified atom stereocenters. The molecule has 4 rings (SSSR count). The van der Waals surface area contributed by atoms with Gasteiger partial charge in [-0.05, 0) is 42.5 Å². The number of carbonyl (C=O) groups is 1. The summed E-state index contributed by atoms with van der Waals surface area (Å²) in [5, 5.41) is 0. The first-order valence-corrected chi connectivity index (χ1v) is 10.8. The van der Waals surface area contributed by atoms with E-state index in [4.69, 9.17) is 9.15 Å². The standard InChI is InChI=1S/C25H28FN3O3/c1-31-24-10-9-21(26)16-20(24)17-27-11-13-28(14-12-27)19-25(30)29(18-23-8-5-15-32-23)22-6-3-2-4-7-22/h2-10,15-16H,11-14,17-19H2,1H3. The number of nitrogens with zero attached hydrogens (tertiary/aromatic N) is 3. The molecule has 1 fully saturated rings. The molecule has 1 aliphatic heterocycles. The van der Waals surface area contributed by atoms with E-state index in [2.05, 4.69) is 9.80 Å². The summed E-state index contributed by atoms with van der Waals surface area (Å²) >= 11 is 0. The van der Waals surface area contributed by atoms with Crippen LogP contribution in [0.4, 0.5) is 10.1 Å². The molecule has 0 spiro atoms. The van der Waals surface area contributed by atoms with Crippen molar-refractivity contribution in [2.24, 2.45) is 0 Å². The topological polar surface area (TPSA) is 49.2 Å². The number of piperazine rings is 1. The van der Waals surface area contributed by atoms with Crippen LogP contribution in [0.2, 0.25) is 0 Å². The highest BCUT2D eigenvalue weighted by atomic mass is 19.1. The van der Waals surface area contributed by atoms with Crippen molar-refractivity contribution in [3.05, 3.63) is 84.1 Å². The van der Waals surface area contributed by atoms with Gasteiger partial charge in [0.15, 0.2) is 0 Å². The maximum atomic E-state index is 13.7. The molecule has 0 saturated carbocycles. The van der Waals surface area contributed by atoms with Gasteiger partial charge in [0, 0.05) is 44.0 Å². The van der Waals surface area contributed by atoms with Gasteiger partial charge in [0.2, 0.25) is 5.91 Å². The van der Waals surface area contributed by atoms with Crippen molar-refractivity contribution in [3.8, 4) is 5.75 Å². The van der Waals surface area contributed by atoms with Crippen molar-refractivity contribution >= 4 is 11.6 Å². The minimum atomic E-state index is -0.261. The van der Waals surface area contributed by atoms with Crippen LogP contribution in [0.1, 0.15) is 11.3 Å². The van der Waals surface area contributed by atoms with Gasteiger partial charge in [-0.15, -0.1) is 0 Å². The minimum absolute atomic E-state index is 0.0350. The molecule has 1 aromatic heterocycles. The molecule has 1 saturated heterocycles. The Balaban J connectivity index is 1.35. The van der Waals surface area contributed by atoms with Crippen LogP contribution in [0, 0.1) is 5.82 Å². The lowest BCUT2D eigenvalue weighted by molar-refractivity contribution is -0.120. The van der Waals surface area contributed by atoms with Gasteiger partial charge in [-0.25, -0.2) is 4.39 Å². The Bertz CT molecular complexity index is 1000. The second-order valence-electron chi connectivity index (χ2n) is 7.90. The van der Waals surface area contributed by atoms with E-state index < -0.39 is 0 Å². The Morgan fingerprint density at radius 1 is 1.03 bits per heavy atom. The van der Waals surface area contributed by atoms with Gasteiger partial charge in [0.25, 0.3) is 0 Å². The van der Waals surface area contributed by atoms with E-state index in [0.29, 0.717) is 25.4 Å². The number of amides is 1. The molecule has 1 aliphatic rings. The number of ether oxygens (including phenoxy) is 1. The monoisotopic (exact) mass is 437 g/mol. The number of hydrogen-bond acceptors (Lipinski definition) is 5. The Morgan fingerprint density at radius 2 is 1.78 bits per heavy atom. The predicted octanol–water partition coefficient (Wildman–Crippen LogP) is 3.78. The second kappa shape index (κ2) is 10.4. The maximum Gasteiger partial charge on any atom is 0.241 e. The van der Waals surface area contributed by atoms with E-state index in [1.54, 1.807) is 24.3 Å². The van der Waals surface area contributed by atoms with Crippen LogP contribution in [0.15, 0.2) is 71.3 Å². The van der Waals surface area contributed by atoms with Crippen LogP contribution in [0.25, 0.3) is 0 Å². The number of carbonyl (C=O) groups excluding carboxylic acids is 1. The van der Waals surface area contributed by atoms with Gasteiger partial charge >= 0.3 is 0 Å². The zero-order chi connectivity index (χ0) is 22.3. The third kappa shape index (κ3) is 5.55. The van der Waals surface area contributed by atoms with E-state index in [0.717, 1.165) is 43.2 Å². The molecule has 32 heavy (non-hydrogen) atoms. The van der Waals surface area contributed by atoms with Crippen molar-refractivity contribution in [1.82, 2.24) is 9.80 Å². The molecular weight excluding hydrogens is 409 g/mol.